The molecule has 3 aromatic heterocycles. The van der Waals surface area contributed by atoms with Crippen molar-refractivity contribution < 1.29 is 0 Å². The number of halogens is 1. The Morgan fingerprint density at radius 1 is 1.00 bits per heavy atom. The lowest BCUT2D eigenvalue weighted by Crippen LogP contribution is -2.40. The number of hydrogen-bond donors (Lipinski definition) is 0. The fraction of sp³-hybridized carbons (Fsp3) is 0.474. The van der Waals surface area contributed by atoms with E-state index in [1.54, 1.807) is 12.5 Å². The Balaban J connectivity index is 1.42. The van der Waals surface area contributed by atoms with Gasteiger partial charge < -0.3 is 4.90 Å². The Bertz CT molecular complexity index is 958. The molecule has 3 aromatic rings. The number of piperidine rings is 1. The normalized spacial score (nSPS) is 19.2. The predicted molar refractivity (Wildman–Crippen MR) is 107 cm³/mol. The highest BCUT2D eigenvalue weighted by molar-refractivity contribution is 7.99. The van der Waals surface area contributed by atoms with Crippen molar-refractivity contribution in [2.24, 2.45) is 5.41 Å². The van der Waals surface area contributed by atoms with Crippen LogP contribution in [0.25, 0.3) is 5.65 Å². The minimum Gasteiger partial charge on any atom is -0.341 e. The lowest BCUT2D eigenvalue weighted by molar-refractivity contribution is 0.225. The van der Waals surface area contributed by atoms with E-state index >= 15 is 0 Å². The van der Waals surface area contributed by atoms with Crippen molar-refractivity contribution in [1.29, 1.82) is 0 Å². The summed E-state index contributed by atoms with van der Waals surface area (Å²) in [5.74, 6) is 0.886. The molecule has 8 heteroatoms. The van der Waals surface area contributed by atoms with Gasteiger partial charge in [-0.2, -0.15) is 9.61 Å². The van der Waals surface area contributed by atoms with E-state index in [4.69, 9.17) is 16.6 Å². The van der Waals surface area contributed by atoms with E-state index in [-0.39, 0.29) is 0 Å². The van der Waals surface area contributed by atoms with Crippen LogP contribution in [-0.2, 0) is 0 Å². The lowest BCUT2D eigenvalue weighted by atomic mass is 9.77. The minimum atomic E-state index is 0.488. The van der Waals surface area contributed by atoms with E-state index in [9.17, 15) is 0 Å². The summed E-state index contributed by atoms with van der Waals surface area (Å²) in [6.45, 7) is 2.09. The van der Waals surface area contributed by atoms with E-state index in [0.717, 1.165) is 34.5 Å². The third-order valence-corrected chi connectivity index (χ3v) is 7.44. The summed E-state index contributed by atoms with van der Waals surface area (Å²) in [5, 5.41) is 4.94. The summed E-state index contributed by atoms with van der Waals surface area (Å²) >= 11 is 7.73. The van der Waals surface area contributed by atoms with Gasteiger partial charge in [0.25, 0.3) is 0 Å². The fourth-order valence-corrected chi connectivity index (χ4v) is 5.54. The lowest BCUT2D eigenvalue weighted by Gasteiger charge is -2.39. The smallest absolute Gasteiger partial charge is 0.228 e. The molecule has 1 saturated heterocycles. The second-order valence-electron chi connectivity index (χ2n) is 7.51. The molecule has 0 atom stereocenters. The number of nitrogens with zero attached hydrogens (tertiary/aromatic N) is 6. The van der Waals surface area contributed by atoms with Crippen molar-refractivity contribution in [3.05, 3.63) is 36.0 Å². The van der Waals surface area contributed by atoms with Crippen LogP contribution >= 0.6 is 23.4 Å². The molecule has 2 fully saturated rings. The highest BCUT2D eigenvalue weighted by Crippen LogP contribution is 2.46. The molecule has 0 amide bonds. The summed E-state index contributed by atoms with van der Waals surface area (Å²) in [6.07, 6.45) is 13.3. The molecular weight excluding hydrogens is 380 g/mol. The maximum absolute atomic E-state index is 6.21. The Kier molecular flexibility index (Phi) is 4.44. The van der Waals surface area contributed by atoms with Gasteiger partial charge in [-0.3, -0.25) is 0 Å². The van der Waals surface area contributed by atoms with E-state index in [1.807, 2.05) is 22.8 Å². The largest absolute Gasteiger partial charge is 0.341 e. The second-order valence-corrected chi connectivity index (χ2v) is 8.95. The molecule has 0 radical (unpaired) electrons. The summed E-state index contributed by atoms with van der Waals surface area (Å²) in [7, 11) is 0. The van der Waals surface area contributed by atoms with Gasteiger partial charge in [0, 0.05) is 30.4 Å². The average Bonchev–Trinajstić information content (AvgIpc) is 3.35. The molecule has 0 unspecified atom stereocenters. The van der Waals surface area contributed by atoms with Crippen LogP contribution in [0.4, 0.5) is 5.95 Å². The third kappa shape index (κ3) is 3.17. The molecule has 4 heterocycles. The van der Waals surface area contributed by atoms with E-state index < -0.39 is 0 Å². The highest BCUT2D eigenvalue weighted by Gasteiger charge is 2.37. The maximum Gasteiger partial charge on any atom is 0.228 e. The molecule has 0 N–H and O–H groups in total. The minimum absolute atomic E-state index is 0.488. The SMILES string of the molecule is Clc1ncccc1Sc1cnc(N2CCC3(CCCC3)CC2)n2ncnc12. The Morgan fingerprint density at radius 2 is 1.81 bits per heavy atom. The third-order valence-electron chi connectivity index (χ3n) is 5.97. The zero-order valence-electron chi connectivity index (χ0n) is 15.0. The van der Waals surface area contributed by atoms with Gasteiger partial charge in [0.05, 0.1) is 4.90 Å². The summed E-state index contributed by atoms with van der Waals surface area (Å²) in [4.78, 5) is 17.5. The Morgan fingerprint density at radius 3 is 2.59 bits per heavy atom. The number of pyridine rings is 1. The van der Waals surface area contributed by atoms with Crippen LogP contribution in [0.15, 0.2) is 40.6 Å². The topological polar surface area (TPSA) is 59.2 Å². The summed E-state index contributed by atoms with van der Waals surface area (Å²) in [5.41, 5.74) is 1.40. The maximum atomic E-state index is 6.21. The van der Waals surface area contributed by atoms with Crippen molar-refractivity contribution in [2.45, 2.75) is 48.3 Å². The molecule has 1 saturated carbocycles. The van der Waals surface area contributed by atoms with Gasteiger partial charge in [-0.1, -0.05) is 36.2 Å². The molecule has 1 aliphatic heterocycles. The monoisotopic (exact) mass is 400 g/mol. The van der Waals surface area contributed by atoms with E-state index in [1.165, 1.54) is 50.3 Å². The standard InChI is InChI=1S/C19H21ClN6S/c20-16-14(4-3-9-21-16)27-15-12-22-18(26-17(15)23-13-24-26)25-10-7-19(8-11-25)5-1-2-6-19/h3-4,9,12-13H,1-2,5-8,10-11H2. The molecule has 5 rings (SSSR count). The molecule has 2 aliphatic rings. The molecule has 1 aliphatic carbocycles. The van der Waals surface area contributed by atoms with Gasteiger partial charge in [-0.15, -0.1) is 0 Å². The van der Waals surface area contributed by atoms with E-state index in [2.05, 4.69) is 20.0 Å². The van der Waals surface area contributed by atoms with Crippen LogP contribution in [0.2, 0.25) is 5.15 Å². The van der Waals surface area contributed by atoms with Gasteiger partial charge in [-0.25, -0.2) is 15.0 Å². The first-order valence-electron chi connectivity index (χ1n) is 9.46. The fourth-order valence-electron chi connectivity index (χ4n) is 4.44. The highest BCUT2D eigenvalue weighted by atomic mass is 35.5. The molecule has 27 heavy (non-hydrogen) atoms. The molecule has 0 bridgehead atoms. The van der Waals surface area contributed by atoms with Crippen LogP contribution in [0.5, 0.6) is 0 Å². The van der Waals surface area contributed by atoms with Crippen LogP contribution in [-0.4, -0.2) is 37.7 Å². The Hall–Kier alpha value is -1.86. The van der Waals surface area contributed by atoms with Crippen molar-refractivity contribution in [3.8, 4) is 0 Å². The summed E-state index contributed by atoms with van der Waals surface area (Å²) < 4.78 is 1.86. The number of hydrogen-bond acceptors (Lipinski definition) is 6. The average molecular weight is 401 g/mol. The van der Waals surface area contributed by atoms with Crippen LogP contribution in [0.3, 0.4) is 0 Å². The van der Waals surface area contributed by atoms with Gasteiger partial charge in [0.2, 0.25) is 5.95 Å². The molecule has 1 spiro atoms. The van der Waals surface area contributed by atoms with Crippen LogP contribution in [0, 0.1) is 5.41 Å². The molecular formula is C19H21ClN6S. The summed E-state index contributed by atoms with van der Waals surface area (Å²) in [6, 6.07) is 3.83. The van der Waals surface area contributed by atoms with Crippen molar-refractivity contribution in [3.63, 3.8) is 0 Å². The number of anilines is 1. The van der Waals surface area contributed by atoms with E-state index in [0.29, 0.717) is 10.6 Å². The number of fused-ring (bicyclic) bond motifs is 1. The first-order valence-corrected chi connectivity index (χ1v) is 10.7. The van der Waals surface area contributed by atoms with Crippen LogP contribution < -0.4 is 4.90 Å². The zero-order chi connectivity index (χ0) is 18.3. The Labute approximate surface area is 167 Å². The first kappa shape index (κ1) is 17.3. The van der Waals surface area contributed by atoms with Gasteiger partial charge >= 0.3 is 0 Å². The van der Waals surface area contributed by atoms with Gasteiger partial charge in [0.15, 0.2) is 5.65 Å². The van der Waals surface area contributed by atoms with Crippen molar-refractivity contribution >= 4 is 35.0 Å². The first-order chi connectivity index (χ1) is 13.2. The van der Waals surface area contributed by atoms with Crippen molar-refractivity contribution in [2.75, 3.05) is 18.0 Å². The predicted octanol–water partition coefficient (Wildman–Crippen LogP) is 4.48. The molecule has 0 aromatic carbocycles. The quantitative estimate of drug-likeness (QED) is 0.604. The van der Waals surface area contributed by atoms with Gasteiger partial charge in [-0.05, 0) is 43.2 Å². The molecule has 6 nitrogen and oxygen atoms in total. The van der Waals surface area contributed by atoms with Crippen LogP contribution in [0.1, 0.15) is 38.5 Å². The number of rotatable bonds is 3. The second kappa shape index (κ2) is 6.95. The number of aromatic nitrogens is 5. The van der Waals surface area contributed by atoms with Gasteiger partial charge in [0.1, 0.15) is 11.5 Å². The molecule has 140 valence electrons. The van der Waals surface area contributed by atoms with Crippen molar-refractivity contribution in [1.82, 2.24) is 24.6 Å². The zero-order valence-corrected chi connectivity index (χ0v) is 16.6.